The molecule has 4 rings (SSSR count). The van der Waals surface area contributed by atoms with Gasteiger partial charge in [-0.3, -0.25) is 0 Å². The number of ether oxygens (including phenoxy) is 2. The number of nitrogens with one attached hydrogen (secondary N) is 1. The summed E-state index contributed by atoms with van der Waals surface area (Å²) in [6.07, 6.45) is 1.05. The molecule has 1 aromatic heterocycles. The van der Waals surface area contributed by atoms with Crippen LogP contribution in [0.15, 0.2) is 42.5 Å². The number of methoxy groups -OCH3 is 1. The highest BCUT2D eigenvalue weighted by molar-refractivity contribution is 5.89. The highest BCUT2D eigenvalue weighted by atomic mass is 16.5. The number of H-pyrrole nitrogens is 1. The normalized spacial score (nSPS) is 16.4. The number of rotatable bonds is 5. The summed E-state index contributed by atoms with van der Waals surface area (Å²) >= 11 is 0. The molecule has 146 valence electrons. The van der Waals surface area contributed by atoms with Crippen LogP contribution in [0, 0.1) is 0 Å². The van der Waals surface area contributed by atoms with Crippen LogP contribution in [0.4, 0.5) is 11.6 Å². The highest BCUT2D eigenvalue weighted by Crippen LogP contribution is 2.27. The zero-order valence-electron chi connectivity index (χ0n) is 16.3. The fourth-order valence-corrected chi connectivity index (χ4v) is 3.43. The Kier molecular flexibility index (Phi) is 4.81. The van der Waals surface area contributed by atoms with Gasteiger partial charge < -0.3 is 24.3 Å². The van der Waals surface area contributed by atoms with Gasteiger partial charge in [0, 0.05) is 32.7 Å². The van der Waals surface area contributed by atoms with Crippen molar-refractivity contribution in [3.8, 4) is 5.75 Å². The summed E-state index contributed by atoms with van der Waals surface area (Å²) in [4.78, 5) is 23.7. The molecule has 3 aromatic rings. The number of esters is 1. The molecule has 0 saturated carbocycles. The Morgan fingerprint density at radius 3 is 2.71 bits per heavy atom. The molecule has 0 aliphatic carbocycles. The minimum Gasteiger partial charge on any atom is -0.489 e. The van der Waals surface area contributed by atoms with Gasteiger partial charge in [0.25, 0.3) is 0 Å². The number of carbonyl (C=O) groups is 1. The fourth-order valence-electron chi connectivity index (χ4n) is 3.43. The highest BCUT2D eigenvalue weighted by Gasteiger charge is 2.24. The molecular weight excluding hydrogens is 356 g/mol. The molecule has 1 saturated heterocycles. The minimum atomic E-state index is -0.343. The maximum absolute atomic E-state index is 11.5. The third kappa shape index (κ3) is 3.60. The number of aromatic amines is 1. The van der Waals surface area contributed by atoms with E-state index < -0.39 is 0 Å². The van der Waals surface area contributed by atoms with E-state index in [9.17, 15) is 4.79 Å². The van der Waals surface area contributed by atoms with Gasteiger partial charge in [0.15, 0.2) is 0 Å². The zero-order chi connectivity index (χ0) is 19.7. The summed E-state index contributed by atoms with van der Waals surface area (Å²) in [5.41, 5.74) is 3.66. The van der Waals surface area contributed by atoms with Crippen LogP contribution in [0.1, 0.15) is 16.8 Å². The smallest absolute Gasteiger partial charge is 0.337 e. The second kappa shape index (κ2) is 7.42. The van der Waals surface area contributed by atoms with Crippen LogP contribution < -0.4 is 14.5 Å². The molecule has 1 aliphatic heterocycles. The van der Waals surface area contributed by atoms with Crippen molar-refractivity contribution in [2.75, 3.05) is 44.1 Å². The lowest BCUT2D eigenvalue weighted by atomic mass is 10.2. The van der Waals surface area contributed by atoms with E-state index in [1.54, 1.807) is 12.1 Å². The molecule has 0 amide bonds. The Hall–Kier alpha value is -3.22. The molecule has 28 heavy (non-hydrogen) atoms. The Labute approximate surface area is 163 Å². The summed E-state index contributed by atoms with van der Waals surface area (Å²) < 4.78 is 10.8. The first-order valence-corrected chi connectivity index (χ1v) is 9.30. The summed E-state index contributed by atoms with van der Waals surface area (Å²) in [6.45, 7) is 1.75. The van der Waals surface area contributed by atoms with Crippen molar-refractivity contribution < 1.29 is 14.3 Å². The van der Waals surface area contributed by atoms with E-state index in [0.29, 0.717) is 5.56 Å². The van der Waals surface area contributed by atoms with Gasteiger partial charge in [0.05, 0.1) is 30.3 Å². The molecule has 1 unspecified atom stereocenters. The molecule has 1 atom stereocenters. The Balaban J connectivity index is 1.42. The summed E-state index contributed by atoms with van der Waals surface area (Å²) in [5, 5.41) is 0. The lowest BCUT2D eigenvalue weighted by Crippen LogP contribution is -2.24. The first-order valence-electron chi connectivity index (χ1n) is 9.30. The topological polar surface area (TPSA) is 70.7 Å². The quantitative estimate of drug-likeness (QED) is 0.686. The van der Waals surface area contributed by atoms with Gasteiger partial charge in [-0.2, -0.15) is 0 Å². The average Bonchev–Trinajstić information content (AvgIpc) is 3.34. The number of hydrogen-bond donors (Lipinski definition) is 1. The van der Waals surface area contributed by atoms with Crippen LogP contribution in [0.3, 0.4) is 0 Å². The van der Waals surface area contributed by atoms with Crippen molar-refractivity contribution in [3.63, 3.8) is 0 Å². The molecule has 0 radical (unpaired) electrons. The molecular formula is C21H24N4O3. The molecule has 0 bridgehead atoms. The molecule has 2 aromatic carbocycles. The Morgan fingerprint density at radius 1 is 1.21 bits per heavy atom. The van der Waals surface area contributed by atoms with Crippen molar-refractivity contribution in [2.45, 2.75) is 12.5 Å². The molecule has 2 heterocycles. The monoisotopic (exact) mass is 380 g/mol. The molecule has 1 aliphatic rings. The minimum absolute atomic E-state index is 0.108. The number of aromatic nitrogens is 2. The number of nitrogens with zero attached hydrogens (tertiary/aromatic N) is 3. The van der Waals surface area contributed by atoms with Gasteiger partial charge in [-0.05, 0) is 42.5 Å². The van der Waals surface area contributed by atoms with E-state index in [1.807, 2.05) is 31.1 Å². The van der Waals surface area contributed by atoms with Crippen LogP contribution in [0.2, 0.25) is 0 Å². The zero-order valence-corrected chi connectivity index (χ0v) is 16.3. The number of anilines is 2. The summed E-state index contributed by atoms with van der Waals surface area (Å²) in [7, 11) is 5.32. The Morgan fingerprint density at radius 2 is 2.00 bits per heavy atom. The maximum atomic E-state index is 11.5. The van der Waals surface area contributed by atoms with Crippen LogP contribution >= 0.6 is 0 Å². The molecule has 1 fully saturated rings. The van der Waals surface area contributed by atoms with E-state index in [-0.39, 0.29) is 12.1 Å². The van der Waals surface area contributed by atoms with Crippen LogP contribution in [0.25, 0.3) is 11.0 Å². The van der Waals surface area contributed by atoms with Gasteiger partial charge >= 0.3 is 5.97 Å². The maximum Gasteiger partial charge on any atom is 0.337 e. The fraction of sp³-hybridized carbons (Fsp3) is 0.333. The predicted octanol–water partition coefficient (Wildman–Crippen LogP) is 3.07. The van der Waals surface area contributed by atoms with Crippen LogP contribution in [-0.2, 0) is 4.74 Å². The van der Waals surface area contributed by atoms with Crippen molar-refractivity contribution in [1.29, 1.82) is 0 Å². The lowest BCUT2D eigenvalue weighted by molar-refractivity contribution is 0.0600. The number of benzene rings is 2. The first-order chi connectivity index (χ1) is 13.5. The summed E-state index contributed by atoms with van der Waals surface area (Å²) in [5.74, 6) is 1.27. The average molecular weight is 380 g/mol. The van der Waals surface area contributed by atoms with Crippen molar-refractivity contribution >= 4 is 28.6 Å². The van der Waals surface area contributed by atoms with Crippen molar-refractivity contribution in [1.82, 2.24) is 9.97 Å². The predicted molar refractivity (Wildman–Crippen MR) is 109 cm³/mol. The van der Waals surface area contributed by atoms with E-state index in [0.717, 1.165) is 47.9 Å². The molecule has 7 nitrogen and oxygen atoms in total. The number of carbonyl (C=O) groups excluding carboxylic acids is 1. The van der Waals surface area contributed by atoms with Gasteiger partial charge in [-0.15, -0.1) is 0 Å². The molecule has 1 N–H and O–H groups in total. The standard InChI is InChI=1S/C21H24N4O3/c1-24(2)21-22-18-9-6-15(12-19(18)23-21)25-11-10-17(13-25)28-16-7-4-14(5-8-16)20(26)27-3/h4-9,12,17H,10-11,13H2,1-3H3,(H,22,23). The van der Waals surface area contributed by atoms with E-state index >= 15 is 0 Å². The largest absolute Gasteiger partial charge is 0.489 e. The van der Waals surface area contributed by atoms with Crippen LogP contribution in [-0.4, -0.2) is 56.3 Å². The third-order valence-electron chi connectivity index (χ3n) is 4.97. The number of imidazole rings is 1. The summed E-state index contributed by atoms with van der Waals surface area (Å²) in [6, 6.07) is 13.4. The second-order valence-electron chi connectivity index (χ2n) is 7.15. The van der Waals surface area contributed by atoms with Crippen LogP contribution in [0.5, 0.6) is 5.75 Å². The van der Waals surface area contributed by atoms with Gasteiger partial charge in [0.1, 0.15) is 11.9 Å². The van der Waals surface area contributed by atoms with Gasteiger partial charge in [0.2, 0.25) is 5.95 Å². The van der Waals surface area contributed by atoms with Crippen molar-refractivity contribution in [3.05, 3.63) is 48.0 Å². The number of fused-ring (bicyclic) bond motifs is 1. The third-order valence-corrected chi connectivity index (χ3v) is 4.97. The first kappa shape index (κ1) is 18.2. The van der Waals surface area contributed by atoms with E-state index in [4.69, 9.17) is 9.47 Å². The number of hydrogen-bond acceptors (Lipinski definition) is 6. The molecule has 0 spiro atoms. The van der Waals surface area contributed by atoms with E-state index in [2.05, 4.69) is 33.1 Å². The van der Waals surface area contributed by atoms with Gasteiger partial charge in [-0.25, -0.2) is 9.78 Å². The van der Waals surface area contributed by atoms with Crippen molar-refractivity contribution in [2.24, 2.45) is 0 Å². The molecule has 7 heteroatoms. The lowest BCUT2D eigenvalue weighted by Gasteiger charge is -2.19. The second-order valence-corrected chi connectivity index (χ2v) is 7.15. The van der Waals surface area contributed by atoms with Gasteiger partial charge in [-0.1, -0.05) is 0 Å². The SMILES string of the molecule is COC(=O)c1ccc(OC2CCN(c3ccc4[nH]c(N(C)C)nc4c3)C2)cc1. The Bertz CT molecular complexity index is 981. The van der Waals surface area contributed by atoms with E-state index in [1.165, 1.54) is 7.11 Å².